The number of carboxylic acid groups (broad SMARTS) is 1. The molecule has 1 N–H and O–H groups in total. The lowest BCUT2D eigenvalue weighted by atomic mass is 10.1. The third kappa shape index (κ3) is 2.87. The minimum atomic E-state index is -0.950. The first-order chi connectivity index (χ1) is 10.5. The topological polar surface area (TPSA) is 70.5 Å². The fourth-order valence-corrected chi connectivity index (χ4v) is 3.56. The first-order valence-electron chi connectivity index (χ1n) is 7.09. The molecule has 2 aromatic rings. The van der Waals surface area contributed by atoms with Crippen LogP contribution in [0.5, 0.6) is 0 Å². The van der Waals surface area contributed by atoms with Gasteiger partial charge in [-0.05, 0) is 25.5 Å². The van der Waals surface area contributed by atoms with Crippen molar-refractivity contribution < 1.29 is 14.7 Å². The quantitative estimate of drug-likeness (QED) is 0.945. The Morgan fingerprint density at radius 3 is 2.91 bits per heavy atom. The Bertz CT molecular complexity index is 726. The van der Waals surface area contributed by atoms with Crippen LogP contribution in [0.25, 0.3) is 0 Å². The molecule has 1 aliphatic heterocycles. The molecule has 0 radical (unpaired) electrons. The number of hydrogen-bond acceptors (Lipinski definition) is 4. The van der Waals surface area contributed by atoms with Gasteiger partial charge in [-0.3, -0.25) is 4.79 Å². The van der Waals surface area contributed by atoms with Gasteiger partial charge in [-0.15, -0.1) is 11.3 Å². The molecule has 1 aromatic carbocycles. The zero-order chi connectivity index (χ0) is 15.7. The van der Waals surface area contributed by atoms with Gasteiger partial charge < -0.3 is 10.0 Å². The van der Waals surface area contributed by atoms with Gasteiger partial charge in [0.05, 0.1) is 11.2 Å². The van der Waals surface area contributed by atoms with Gasteiger partial charge in [-0.2, -0.15) is 0 Å². The number of nitrogens with zero attached hydrogens (tertiary/aromatic N) is 2. The first kappa shape index (κ1) is 14.7. The summed E-state index contributed by atoms with van der Waals surface area (Å²) in [5, 5.41) is 9.76. The van der Waals surface area contributed by atoms with Crippen LogP contribution in [0.2, 0.25) is 0 Å². The summed E-state index contributed by atoms with van der Waals surface area (Å²) in [5.74, 6) is -0.789. The summed E-state index contributed by atoms with van der Waals surface area (Å²) < 4.78 is 0. The second-order valence-electron chi connectivity index (χ2n) is 5.47. The van der Waals surface area contributed by atoms with Crippen molar-refractivity contribution in [2.24, 2.45) is 0 Å². The van der Waals surface area contributed by atoms with Crippen molar-refractivity contribution in [2.45, 2.75) is 19.3 Å². The molecule has 3 rings (SSSR count). The minimum absolute atomic E-state index is 0.0289. The highest BCUT2D eigenvalue weighted by molar-refractivity contribution is 7.13. The van der Waals surface area contributed by atoms with Gasteiger partial charge in [0.1, 0.15) is 4.88 Å². The molecule has 114 valence electrons. The molecule has 1 unspecified atom stereocenters. The van der Waals surface area contributed by atoms with E-state index in [0.29, 0.717) is 18.7 Å². The number of hydrogen-bond donors (Lipinski definition) is 1. The molecule has 22 heavy (non-hydrogen) atoms. The predicted molar refractivity (Wildman–Crippen MR) is 83.5 cm³/mol. The number of aryl methyl sites for hydroxylation is 1. The molecular weight excluding hydrogens is 300 g/mol. The number of likely N-dealkylation sites (tertiary alicyclic amines) is 1. The molecule has 6 heteroatoms. The highest BCUT2D eigenvalue weighted by atomic mass is 32.1. The Morgan fingerprint density at radius 1 is 1.41 bits per heavy atom. The van der Waals surface area contributed by atoms with Crippen molar-refractivity contribution in [3.05, 3.63) is 51.5 Å². The smallest absolute Gasteiger partial charge is 0.347 e. The predicted octanol–water partition coefficient (Wildman–Crippen LogP) is 2.78. The summed E-state index contributed by atoms with van der Waals surface area (Å²) in [6.45, 7) is 3.24. The largest absolute Gasteiger partial charge is 0.477 e. The van der Waals surface area contributed by atoms with E-state index in [9.17, 15) is 9.59 Å². The van der Waals surface area contributed by atoms with Crippen molar-refractivity contribution in [1.82, 2.24) is 9.88 Å². The number of thiazole rings is 1. The molecule has 1 saturated heterocycles. The van der Waals surface area contributed by atoms with Crippen LogP contribution in [-0.4, -0.2) is 40.0 Å². The van der Waals surface area contributed by atoms with E-state index in [2.05, 4.69) is 4.98 Å². The normalized spacial score (nSPS) is 17.7. The fraction of sp³-hybridized carbons (Fsp3) is 0.312. The van der Waals surface area contributed by atoms with Gasteiger partial charge in [-0.1, -0.05) is 17.7 Å². The number of aromatic nitrogens is 1. The lowest BCUT2D eigenvalue weighted by Gasteiger charge is -2.16. The molecule has 1 aromatic heterocycles. The number of carbonyl (C=O) groups is 2. The molecular formula is C16H16N2O3S. The van der Waals surface area contributed by atoms with Crippen molar-refractivity contribution in [1.29, 1.82) is 0 Å². The lowest BCUT2D eigenvalue weighted by Crippen LogP contribution is -2.28. The second-order valence-corrected chi connectivity index (χ2v) is 6.54. The molecule has 0 saturated carbocycles. The summed E-state index contributed by atoms with van der Waals surface area (Å²) >= 11 is 1.20. The van der Waals surface area contributed by atoms with E-state index >= 15 is 0 Å². The highest BCUT2D eigenvalue weighted by Gasteiger charge is 2.30. The molecule has 0 spiro atoms. The van der Waals surface area contributed by atoms with Gasteiger partial charge in [0, 0.05) is 24.6 Å². The zero-order valence-electron chi connectivity index (χ0n) is 12.2. The van der Waals surface area contributed by atoms with Crippen molar-refractivity contribution >= 4 is 23.2 Å². The van der Waals surface area contributed by atoms with Gasteiger partial charge in [0.2, 0.25) is 0 Å². The monoisotopic (exact) mass is 316 g/mol. The molecule has 1 amide bonds. The van der Waals surface area contributed by atoms with Crippen LogP contribution in [0.15, 0.2) is 30.5 Å². The van der Waals surface area contributed by atoms with Crippen molar-refractivity contribution in [3.63, 3.8) is 0 Å². The van der Waals surface area contributed by atoms with E-state index in [1.54, 1.807) is 0 Å². The fourth-order valence-electron chi connectivity index (χ4n) is 2.68. The molecule has 2 heterocycles. The van der Waals surface area contributed by atoms with Crippen LogP contribution in [0.4, 0.5) is 0 Å². The Morgan fingerprint density at radius 2 is 2.23 bits per heavy atom. The Labute approximate surface area is 132 Å². The summed E-state index contributed by atoms with van der Waals surface area (Å²) in [6, 6.07) is 7.57. The van der Waals surface area contributed by atoms with E-state index in [1.165, 1.54) is 17.5 Å². The third-order valence-corrected chi connectivity index (χ3v) is 4.97. The van der Waals surface area contributed by atoms with Gasteiger partial charge in [0.15, 0.2) is 0 Å². The molecule has 1 fully saturated rings. The zero-order valence-corrected chi connectivity index (χ0v) is 13.0. The van der Waals surface area contributed by atoms with Crippen LogP contribution in [0.3, 0.4) is 0 Å². The number of carbonyl (C=O) groups excluding carboxylic acids is 1. The Kier molecular flexibility index (Phi) is 3.94. The number of amides is 1. The molecule has 5 nitrogen and oxygen atoms in total. The second kappa shape index (κ2) is 5.88. The van der Waals surface area contributed by atoms with Gasteiger partial charge in [-0.25, -0.2) is 9.78 Å². The average Bonchev–Trinajstić information content (AvgIpc) is 3.15. The highest BCUT2D eigenvalue weighted by Crippen LogP contribution is 2.31. The standard InChI is InChI=1S/C16H16N2O3S/c1-10-3-2-4-11(7-10)15(19)18-6-5-12(9-18)14-17-8-13(22-14)16(20)21/h2-4,7-8,12H,5-6,9H2,1H3,(H,20,21). The Balaban J connectivity index is 1.71. The average molecular weight is 316 g/mol. The molecule has 1 atom stereocenters. The molecule has 0 bridgehead atoms. The van der Waals surface area contributed by atoms with Gasteiger partial charge in [0.25, 0.3) is 5.91 Å². The minimum Gasteiger partial charge on any atom is -0.477 e. The maximum Gasteiger partial charge on any atom is 0.347 e. The van der Waals surface area contributed by atoms with E-state index in [0.717, 1.165) is 17.0 Å². The summed E-state index contributed by atoms with van der Waals surface area (Å²) in [6.07, 6.45) is 2.22. The van der Waals surface area contributed by atoms with Crippen LogP contribution in [-0.2, 0) is 0 Å². The summed E-state index contributed by atoms with van der Waals surface area (Å²) in [4.78, 5) is 29.7. The molecule has 1 aliphatic rings. The van der Waals surface area contributed by atoms with Crippen LogP contribution >= 0.6 is 11.3 Å². The van der Waals surface area contributed by atoms with Crippen molar-refractivity contribution in [2.75, 3.05) is 13.1 Å². The summed E-state index contributed by atoms with van der Waals surface area (Å²) in [7, 11) is 0. The third-order valence-electron chi connectivity index (χ3n) is 3.82. The summed E-state index contributed by atoms with van der Waals surface area (Å²) in [5.41, 5.74) is 1.76. The maximum absolute atomic E-state index is 12.5. The van der Waals surface area contributed by atoms with Crippen LogP contribution < -0.4 is 0 Å². The Hall–Kier alpha value is -2.21. The maximum atomic E-state index is 12.5. The molecule has 0 aliphatic carbocycles. The number of benzene rings is 1. The van der Waals surface area contributed by atoms with Crippen LogP contribution in [0, 0.1) is 6.92 Å². The SMILES string of the molecule is Cc1cccc(C(=O)N2CCC(c3ncc(C(=O)O)s3)C2)c1. The number of aromatic carboxylic acids is 1. The van der Waals surface area contributed by atoms with Crippen LogP contribution in [0.1, 0.15) is 42.9 Å². The van der Waals surface area contributed by atoms with E-state index in [1.807, 2.05) is 36.1 Å². The van der Waals surface area contributed by atoms with Crippen molar-refractivity contribution in [3.8, 4) is 0 Å². The van der Waals surface area contributed by atoms with Gasteiger partial charge >= 0.3 is 5.97 Å². The number of rotatable bonds is 3. The first-order valence-corrected chi connectivity index (χ1v) is 7.91. The number of carboxylic acids is 1. The van der Waals surface area contributed by atoms with E-state index in [-0.39, 0.29) is 16.7 Å². The van der Waals surface area contributed by atoms with E-state index < -0.39 is 5.97 Å². The van der Waals surface area contributed by atoms with E-state index in [4.69, 9.17) is 5.11 Å². The lowest BCUT2D eigenvalue weighted by molar-refractivity contribution is 0.0701.